The molecule has 0 atom stereocenters. The first-order chi connectivity index (χ1) is 6.92. The molecule has 0 amide bonds. The van der Waals surface area contributed by atoms with Gasteiger partial charge in [-0.15, -0.1) is 47.0 Å². The summed E-state index contributed by atoms with van der Waals surface area (Å²) in [6.45, 7) is 0.220. The zero-order chi connectivity index (χ0) is 9.80. The Hall–Kier alpha value is 0.840. The Balaban J connectivity index is 2.25. The van der Waals surface area contributed by atoms with Gasteiger partial charge in [0.2, 0.25) is 0 Å². The summed E-state index contributed by atoms with van der Waals surface area (Å²) < 4.78 is 0. The molecule has 0 unspecified atom stereocenters. The fourth-order valence-electron chi connectivity index (χ4n) is 1.31. The van der Waals surface area contributed by atoms with Gasteiger partial charge in [-0.2, -0.15) is 0 Å². The van der Waals surface area contributed by atoms with Gasteiger partial charge in [0.05, 0.1) is 6.61 Å². The van der Waals surface area contributed by atoms with Crippen LogP contribution in [0.3, 0.4) is 0 Å². The van der Waals surface area contributed by atoms with E-state index in [0.717, 1.165) is 21.7 Å². The average molecular weight is 264 g/mol. The van der Waals surface area contributed by atoms with Crippen LogP contribution in [0.15, 0.2) is 21.5 Å². The van der Waals surface area contributed by atoms with Crippen molar-refractivity contribution in [3.05, 3.63) is 21.5 Å². The monoisotopic (exact) mass is 264 g/mol. The van der Waals surface area contributed by atoms with E-state index in [0.29, 0.717) is 0 Å². The van der Waals surface area contributed by atoms with Crippen molar-refractivity contribution in [2.24, 2.45) is 0 Å². The summed E-state index contributed by atoms with van der Waals surface area (Å²) in [7, 11) is 0. The van der Waals surface area contributed by atoms with E-state index in [9.17, 15) is 5.11 Å². The highest BCUT2D eigenvalue weighted by Gasteiger charge is 2.19. The minimum Gasteiger partial charge on any atom is -0.392 e. The predicted octanol–water partition coefficient (Wildman–Crippen LogP) is 2.99. The summed E-state index contributed by atoms with van der Waals surface area (Å²) in [6, 6.07) is 0. The summed E-state index contributed by atoms with van der Waals surface area (Å²) in [4.78, 5) is 2.75. The number of thioether (sulfide) groups is 4. The highest BCUT2D eigenvalue weighted by atomic mass is 32.2. The molecule has 0 aromatic heterocycles. The lowest BCUT2D eigenvalue weighted by Crippen LogP contribution is -1.97. The van der Waals surface area contributed by atoms with E-state index in [1.165, 1.54) is 15.4 Å². The summed E-state index contributed by atoms with van der Waals surface area (Å²) in [5.41, 5.74) is 1.22. The molecule has 2 aliphatic heterocycles. The summed E-state index contributed by atoms with van der Waals surface area (Å²) >= 11 is 7.67. The molecule has 0 radical (unpaired) electrons. The topological polar surface area (TPSA) is 20.2 Å². The van der Waals surface area contributed by atoms with Gasteiger partial charge in [0, 0.05) is 31.5 Å². The Morgan fingerprint density at radius 2 is 2.14 bits per heavy atom. The first-order valence-electron chi connectivity index (χ1n) is 4.36. The van der Waals surface area contributed by atoms with Crippen LogP contribution in [-0.4, -0.2) is 33.4 Å². The van der Waals surface area contributed by atoms with Crippen LogP contribution >= 0.6 is 47.0 Å². The van der Waals surface area contributed by atoms with E-state index in [2.05, 4.69) is 6.08 Å². The molecule has 0 aromatic rings. The lowest BCUT2D eigenvalue weighted by atomic mass is 10.3. The van der Waals surface area contributed by atoms with Gasteiger partial charge in [0.1, 0.15) is 0 Å². The average Bonchev–Trinajstić information content (AvgIpc) is 2.65. The molecule has 1 saturated heterocycles. The molecule has 1 N–H and O–H groups in total. The summed E-state index contributed by atoms with van der Waals surface area (Å²) in [5.74, 6) is 2.10. The summed E-state index contributed by atoms with van der Waals surface area (Å²) in [5, 5.41) is 11.6. The number of hydrogen-bond donors (Lipinski definition) is 1. The third kappa shape index (κ3) is 2.70. The SMILES string of the molecule is OCC1=C2SCSC2=CCSCSC1. The lowest BCUT2D eigenvalue weighted by Gasteiger charge is -2.06. The number of rotatable bonds is 1. The van der Waals surface area contributed by atoms with Crippen molar-refractivity contribution < 1.29 is 5.11 Å². The largest absolute Gasteiger partial charge is 0.392 e. The third-order valence-electron chi connectivity index (χ3n) is 1.98. The quantitative estimate of drug-likeness (QED) is 0.783. The molecule has 1 fully saturated rings. The van der Waals surface area contributed by atoms with Crippen LogP contribution in [0.2, 0.25) is 0 Å². The van der Waals surface area contributed by atoms with Crippen LogP contribution in [0.5, 0.6) is 0 Å². The van der Waals surface area contributed by atoms with Crippen molar-refractivity contribution in [3.8, 4) is 0 Å². The molecule has 0 bridgehead atoms. The molecule has 2 rings (SSSR count). The normalized spacial score (nSPS) is 23.6. The van der Waals surface area contributed by atoms with E-state index >= 15 is 0 Å². The fourth-order valence-corrected chi connectivity index (χ4v) is 6.07. The molecule has 0 aromatic carbocycles. The van der Waals surface area contributed by atoms with Gasteiger partial charge in [0.25, 0.3) is 0 Å². The molecule has 78 valence electrons. The van der Waals surface area contributed by atoms with Gasteiger partial charge in [0.15, 0.2) is 0 Å². The van der Waals surface area contributed by atoms with Crippen LogP contribution in [0.4, 0.5) is 0 Å². The summed E-state index contributed by atoms with van der Waals surface area (Å²) in [6.07, 6.45) is 2.31. The minimum absolute atomic E-state index is 0.220. The van der Waals surface area contributed by atoms with Crippen molar-refractivity contribution in [2.45, 2.75) is 0 Å². The van der Waals surface area contributed by atoms with Crippen molar-refractivity contribution in [3.63, 3.8) is 0 Å². The van der Waals surface area contributed by atoms with E-state index in [-0.39, 0.29) is 6.61 Å². The van der Waals surface area contributed by atoms with Crippen LogP contribution in [-0.2, 0) is 0 Å². The molecule has 2 heterocycles. The van der Waals surface area contributed by atoms with E-state index in [4.69, 9.17) is 0 Å². The zero-order valence-corrected chi connectivity index (χ0v) is 11.0. The highest BCUT2D eigenvalue weighted by Crippen LogP contribution is 2.46. The van der Waals surface area contributed by atoms with Crippen molar-refractivity contribution in [2.75, 3.05) is 28.3 Å². The van der Waals surface area contributed by atoms with Gasteiger partial charge >= 0.3 is 0 Å². The van der Waals surface area contributed by atoms with Crippen molar-refractivity contribution in [1.29, 1.82) is 0 Å². The molecule has 2 aliphatic rings. The second kappa shape index (κ2) is 5.80. The molecular formula is C9H12OS4. The maximum Gasteiger partial charge on any atom is 0.0664 e. The fraction of sp³-hybridized carbons (Fsp3) is 0.556. The van der Waals surface area contributed by atoms with E-state index in [1.807, 2.05) is 47.0 Å². The van der Waals surface area contributed by atoms with Crippen molar-refractivity contribution >= 4 is 47.0 Å². The van der Waals surface area contributed by atoms with Gasteiger partial charge < -0.3 is 5.11 Å². The highest BCUT2D eigenvalue weighted by molar-refractivity contribution is 8.24. The Morgan fingerprint density at radius 3 is 3.00 bits per heavy atom. The van der Waals surface area contributed by atoms with Gasteiger partial charge in [-0.25, -0.2) is 0 Å². The van der Waals surface area contributed by atoms with Crippen molar-refractivity contribution in [1.82, 2.24) is 0 Å². The maximum atomic E-state index is 9.32. The number of aliphatic hydroxyl groups is 1. The minimum atomic E-state index is 0.220. The Bertz CT molecular complexity index is 272. The van der Waals surface area contributed by atoms with Crippen LogP contribution in [0.25, 0.3) is 0 Å². The molecule has 14 heavy (non-hydrogen) atoms. The molecule has 5 heteroatoms. The third-order valence-corrected chi connectivity index (χ3v) is 6.82. The Kier molecular flexibility index (Phi) is 4.69. The predicted molar refractivity (Wildman–Crippen MR) is 72.0 cm³/mol. The standard InChI is InChI=1S/C9H12OS4/c10-3-7-4-12-5-11-2-1-8-9(7)14-6-13-8/h1,10H,2-6H2. The first kappa shape index (κ1) is 11.3. The molecule has 1 nitrogen and oxygen atoms in total. The van der Waals surface area contributed by atoms with Crippen LogP contribution < -0.4 is 0 Å². The smallest absolute Gasteiger partial charge is 0.0664 e. The molecule has 0 saturated carbocycles. The second-order valence-corrected chi connectivity index (χ2v) is 7.65. The van der Waals surface area contributed by atoms with Gasteiger partial charge in [-0.3, -0.25) is 0 Å². The van der Waals surface area contributed by atoms with Crippen LogP contribution in [0.1, 0.15) is 0 Å². The second-order valence-electron chi connectivity index (χ2n) is 2.90. The number of aliphatic hydroxyl groups excluding tert-OH is 1. The molecule has 0 aliphatic carbocycles. The van der Waals surface area contributed by atoms with Gasteiger partial charge in [-0.05, 0) is 5.57 Å². The Morgan fingerprint density at radius 1 is 1.21 bits per heavy atom. The lowest BCUT2D eigenvalue weighted by molar-refractivity contribution is 0.332. The van der Waals surface area contributed by atoms with E-state index < -0.39 is 0 Å². The number of fused-ring (bicyclic) bond motifs is 1. The Labute approximate surface area is 102 Å². The van der Waals surface area contributed by atoms with Crippen LogP contribution in [0, 0.1) is 0 Å². The molecular weight excluding hydrogens is 252 g/mol. The van der Waals surface area contributed by atoms with Gasteiger partial charge in [-0.1, -0.05) is 6.08 Å². The zero-order valence-electron chi connectivity index (χ0n) is 7.69. The maximum absolute atomic E-state index is 9.32. The number of hydrogen-bond acceptors (Lipinski definition) is 5. The first-order valence-corrected chi connectivity index (χ1v) is 8.64. The molecule has 0 spiro atoms. The van der Waals surface area contributed by atoms with E-state index in [1.54, 1.807) is 0 Å².